The van der Waals surface area contributed by atoms with E-state index in [9.17, 15) is 10.1 Å². The molecule has 138 valence electrons. The maximum absolute atomic E-state index is 12.5. The zero-order valence-corrected chi connectivity index (χ0v) is 16.4. The van der Waals surface area contributed by atoms with Gasteiger partial charge in [0.2, 0.25) is 5.91 Å². The summed E-state index contributed by atoms with van der Waals surface area (Å²) < 4.78 is 0. The molecule has 0 radical (unpaired) electrons. The van der Waals surface area contributed by atoms with Crippen molar-refractivity contribution in [2.75, 3.05) is 13.1 Å². The number of benzene rings is 2. The molecule has 5 heteroatoms. The van der Waals surface area contributed by atoms with Gasteiger partial charge in [-0.2, -0.15) is 5.26 Å². The molecule has 27 heavy (non-hydrogen) atoms. The number of fused-ring (bicyclic) bond motifs is 2. The molecule has 1 amide bonds. The molecule has 4 rings (SSSR count). The van der Waals surface area contributed by atoms with Crippen LogP contribution in [0, 0.1) is 11.5 Å². The lowest BCUT2D eigenvalue weighted by Crippen LogP contribution is -2.58. The summed E-state index contributed by atoms with van der Waals surface area (Å²) in [4.78, 5) is 17.4. The van der Waals surface area contributed by atoms with Crippen molar-refractivity contribution >= 4 is 17.7 Å². The van der Waals surface area contributed by atoms with Crippen LogP contribution in [0.2, 0.25) is 0 Å². The van der Waals surface area contributed by atoms with E-state index in [1.807, 2.05) is 30.5 Å². The van der Waals surface area contributed by atoms with Crippen molar-refractivity contribution in [2.45, 2.75) is 42.5 Å². The Kier molecular flexibility index (Phi) is 4.84. The number of carbonyl (C=O) groups is 1. The van der Waals surface area contributed by atoms with Crippen LogP contribution >= 0.6 is 11.8 Å². The van der Waals surface area contributed by atoms with Crippen LogP contribution in [0.4, 0.5) is 0 Å². The summed E-state index contributed by atoms with van der Waals surface area (Å²) in [5.74, 6) is 1.03. The van der Waals surface area contributed by atoms with Gasteiger partial charge in [-0.1, -0.05) is 42.5 Å². The summed E-state index contributed by atoms with van der Waals surface area (Å²) in [7, 11) is 0. The van der Waals surface area contributed by atoms with E-state index in [-0.39, 0.29) is 30.5 Å². The third-order valence-corrected chi connectivity index (χ3v) is 6.71. The van der Waals surface area contributed by atoms with E-state index in [0.29, 0.717) is 6.54 Å². The molecule has 2 atom stereocenters. The molecule has 2 aromatic carbocycles. The average molecular weight is 378 g/mol. The number of nitriles is 1. The van der Waals surface area contributed by atoms with E-state index >= 15 is 0 Å². The highest BCUT2D eigenvalue weighted by Crippen LogP contribution is 2.44. The van der Waals surface area contributed by atoms with Crippen LogP contribution in [0.25, 0.3) is 0 Å². The van der Waals surface area contributed by atoms with Crippen molar-refractivity contribution in [3.05, 3.63) is 65.2 Å². The summed E-state index contributed by atoms with van der Waals surface area (Å²) in [6.45, 7) is 4.82. The summed E-state index contributed by atoms with van der Waals surface area (Å²) in [6, 6.07) is 17.1. The molecule has 0 N–H and O–H groups in total. The van der Waals surface area contributed by atoms with Crippen LogP contribution < -0.4 is 0 Å². The summed E-state index contributed by atoms with van der Waals surface area (Å²) in [5, 5.41) is 9.80. The Labute approximate surface area is 164 Å². The Hall–Kier alpha value is -2.45. The summed E-state index contributed by atoms with van der Waals surface area (Å²) in [5.41, 5.74) is 3.85. The molecule has 0 aromatic heterocycles. The Morgan fingerprint density at radius 2 is 1.81 bits per heavy atom. The molecule has 0 aliphatic carbocycles. The predicted molar refractivity (Wildman–Crippen MR) is 107 cm³/mol. The molecule has 2 heterocycles. The number of nitrogens with zero attached hydrogens (tertiary/aromatic N) is 3. The number of rotatable bonds is 2. The molecule has 0 bridgehead atoms. The highest BCUT2D eigenvalue weighted by molar-refractivity contribution is 7.98. The molecule has 1 saturated heterocycles. The first-order valence-electron chi connectivity index (χ1n) is 9.35. The number of thioether (sulfide) groups is 1. The average Bonchev–Trinajstić information content (AvgIpc) is 2.84. The highest BCUT2D eigenvalue weighted by Gasteiger charge is 2.40. The predicted octanol–water partition coefficient (Wildman–Crippen LogP) is 3.83. The zero-order chi connectivity index (χ0) is 19.0. The maximum Gasteiger partial charge on any atom is 0.243 e. The van der Waals surface area contributed by atoms with Gasteiger partial charge in [0.05, 0.1) is 6.04 Å². The fraction of sp³-hybridized carbons (Fsp3) is 0.364. The first-order valence-corrected chi connectivity index (χ1v) is 10.3. The Bertz CT molecular complexity index is 857. The third-order valence-electron chi connectivity index (χ3n) is 5.57. The molecule has 2 aliphatic heterocycles. The van der Waals surface area contributed by atoms with Gasteiger partial charge in [-0.25, -0.2) is 0 Å². The molecule has 1 fully saturated rings. The minimum Gasteiger partial charge on any atom is -0.337 e. The van der Waals surface area contributed by atoms with Gasteiger partial charge in [0.25, 0.3) is 0 Å². The molecule has 0 spiro atoms. The van der Waals surface area contributed by atoms with Gasteiger partial charge in [0.15, 0.2) is 6.19 Å². The van der Waals surface area contributed by atoms with Crippen molar-refractivity contribution in [3.63, 3.8) is 0 Å². The summed E-state index contributed by atoms with van der Waals surface area (Å²) in [6.07, 6.45) is 2.30. The molecular formula is C22H23N3OS. The number of carbonyl (C=O) groups excluding carboxylic acids is 1. The fourth-order valence-corrected chi connectivity index (χ4v) is 5.34. The Morgan fingerprint density at radius 1 is 1.11 bits per heavy atom. The van der Waals surface area contributed by atoms with E-state index in [0.717, 1.165) is 5.75 Å². The minimum absolute atomic E-state index is 0.0346. The number of amides is 1. The van der Waals surface area contributed by atoms with Crippen molar-refractivity contribution in [3.8, 4) is 6.19 Å². The lowest BCUT2D eigenvalue weighted by molar-refractivity contribution is -0.138. The number of hydrogen-bond acceptors (Lipinski definition) is 4. The van der Waals surface area contributed by atoms with E-state index in [1.165, 1.54) is 21.6 Å². The van der Waals surface area contributed by atoms with E-state index in [4.69, 9.17) is 0 Å². The lowest BCUT2D eigenvalue weighted by atomic mass is 9.81. The smallest absolute Gasteiger partial charge is 0.243 e. The van der Waals surface area contributed by atoms with E-state index < -0.39 is 0 Å². The largest absolute Gasteiger partial charge is 0.337 e. The van der Waals surface area contributed by atoms with Gasteiger partial charge in [0.1, 0.15) is 6.54 Å². The standard InChI is InChI=1S/C22H23N3OS/c1-15(2)25-11-19(24(14-23)12-21(25)26)22-17-8-4-3-7-16(17)13-27-20-10-6-5-9-18(20)22/h3-10,15,19,22H,11-13H2,1-2H3. The Morgan fingerprint density at radius 3 is 2.56 bits per heavy atom. The van der Waals surface area contributed by atoms with Crippen LogP contribution in [-0.4, -0.2) is 40.9 Å². The van der Waals surface area contributed by atoms with Gasteiger partial charge < -0.3 is 4.90 Å². The van der Waals surface area contributed by atoms with Crippen molar-refractivity contribution in [2.24, 2.45) is 0 Å². The molecular weight excluding hydrogens is 354 g/mol. The summed E-state index contributed by atoms with van der Waals surface area (Å²) >= 11 is 1.85. The first-order chi connectivity index (χ1) is 13.1. The van der Waals surface area contributed by atoms with Crippen LogP contribution in [0.3, 0.4) is 0 Å². The van der Waals surface area contributed by atoms with Crippen LogP contribution in [0.5, 0.6) is 0 Å². The van der Waals surface area contributed by atoms with Crippen molar-refractivity contribution in [1.82, 2.24) is 9.80 Å². The zero-order valence-electron chi connectivity index (χ0n) is 15.6. The lowest BCUT2D eigenvalue weighted by Gasteiger charge is -2.44. The minimum atomic E-state index is -0.0592. The molecule has 2 unspecified atom stereocenters. The second kappa shape index (κ2) is 7.28. The molecule has 2 aliphatic rings. The van der Waals surface area contributed by atoms with Gasteiger partial charge in [0, 0.05) is 29.2 Å². The second-order valence-corrected chi connectivity index (χ2v) is 8.46. The number of piperazine rings is 1. The molecule has 2 aromatic rings. The third kappa shape index (κ3) is 3.19. The van der Waals surface area contributed by atoms with E-state index in [2.05, 4.69) is 54.7 Å². The molecule has 0 saturated carbocycles. The quantitative estimate of drug-likeness (QED) is 0.747. The number of hydrogen-bond donors (Lipinski definition) is 0. The first kappa shape index (κ1) is 17.9. The van der Waals surface area contributed by atoms with Crippen molar-refractivity contribution < 1.29 is 4.79 Å². The topological polar surface area (TPSA) is 47.3 Å². The maximum atomic E-state index is 12.5. The highest BCUT2D eigenvalue weighted by atomic mass is 32.2. The van der Waals surface area contributed by atoms with Crippen LogP contribution in [0.1, 0.15) is 36.5 Å². The van der Waals surface area contributed by atoms with Gasteiger partial charge in [-0.3, -0.25) is 9.69 Å². The molecule has 4 nitrogen and oxygen atoms in total. The Balaban J connectivity index is 1.86. The van der Waals surface area contributed by atoms with Crippen molar-refractivity contribution in [1.29, 1.82) is 5.26 Å². The van der Waals surface area contributed by atoms with E-state index in [1.54, 1.807) is 4.90 Å². The monoisotopic (exact) mass is 377 g/mol. The SMILES string of the molecule is CC(C)N1CC(C2c3ccccc3CSc3ccccc32)N(C#N)CC1=O. The van der Waals surface area contributed by atoms with Crippen LogP contribution in [-0.2, 0) is 10.5 Å². The normalized spacial score (nSPS) is 22.1. The van der Waals surface area contributed by atoms with Crippen LogP contribution in [0.15, 0.2) is 53.4 Å². The van der Waals surface area contributed by atoms with Gasteiger partial charge >= 0.3 is 0 Å². The fourth-order valence-electron chi connectivity index (χ4n) is 4.22. The second-order valence-electron chi connectivity index (χ2n) is 7.44. The van der Waals surface area contributed by atoms with Gasteiger partial charge in [-0.15, -0.1) is 11.8 Å². The van der Waals surface area contributed by atoms with Gasteiger partial charge in [-0.05, 0) is 36.6 Å².